The third-order valence-corrected chi connectivity index (χ3v) is 2.54. The van der Waals surface area contributed by atoms with Gasteiger partial charge in [0.1, 0.15) is 5.82 Å². The maximum Gasteiger partial charge on any atom is 0.306 e. The van der Waals surface area contributed by atoms with Crippen LogP contribution in [0.25, 0.3) is 0 Å². The van der Waals surface area contributed by atoms with Crippen molar-refractivity contribution in [3.05, 3.63) is 35.1 Å². The number of ketones is 1. The van der Waals surface area contributed by atoms with E-state index in [1.165, 1.54) is 19.2 Å². The number of Topliss-reactive ketones (excluding diaryl/α,β-unsaturated/α-hetero) is 1. The van der Waals surface area contributed by atoms with Gasteiger partial charge in [-0.05, 0) is 19.1 Å². The minimum absolute atomic E-state index is 0.0291. The summed E-state index contributed by atoms with van der Waals surface area (Å²) >= 11 is 0. The lowest BCUT2D eigenvalue weighted by molar-refractivity contribution is -0.141. The summed E-state index contributed by atoms with van der Waals surface area (Å²) in [6, 6.07) is 4.34. The molecule has 0 amide bonds. The molecule has 1 atom stereocenters. The number of methoxy groups -OCH3 is 1. The zero-order valence-electron chi connectivity index (χ0n) is 10.1. The van der Waals surface area contributed by atoms with Crippen molar-refractivity contribution in [1.29, 1.82) is 0 Å². The van der Waals surface area contributed by atoms with Crippen molar-refractivity contribution in [2.24, 2.45) is 5.92 Å². The van der Waals surface area contributed by atoms with Gasteiger partial charge in [-0.2, -0.15) is 0 Å². The van der Waals surface area contributed by atoms with E-state index in [0.717, 1.165) is 5.56 Å². The summed E-state index contributed by atoms with van der Waals surface area (Å²) in [6.45, 7) is 3.36. The molecule has 0 aliphatic carbocycles. The predicted octanol–water partition coefficient (Wildman–Crippen LogP) is 2.52. The van der Waals surface area contributed by atoms with Crippen LogP contribution >= 0.6 is 0 Å². The SMILES string of the molecule is COC(=O)CC(C)C(=O)c1cc(C)ccc1F. The largest absolute Gasteiger partial charge is 0.469 e. The fourth-order valence-corrected chi connectivity index (χ4v) is 1.52. The van der Waals surface area contributed by atoms with Gasteiger partial charge in [0.25, 0.3) is 0 Å². The smallest absolute Gasteiger partial charge is 0.306 e. The number of aryl methyl sites for hydroxylation is 1. The Hall–Kier alpha value is -1.71. The van der Waals surface area contributed by atoms with Crippen LogP contribution < -0.4 is 0 Å². The zero-order valence-corrected chi connectivity index (χ0v) is 10.1. The van der Waals surface area contributed by atoms with Gasteiger partial charge in [-0.25, -0.2) is 4.39 Å². The van der Waals surface area contributed by atoms with Gasteiger partial charge < -0.3 is 4.74 Å². The molecule has 3 nitrogen and oxygen atoms in total. The van der Waals surface area contributed by atoms with Crippen molar-refractivity contribution in [3.8, 4) is 0 Å². The average molecular weight is 238 g/mol. The van der Waals surface area contributed by atoms with E-state index in [4.69, 9.17) is 0 Å². The second-order valence-corrected chi connectivity index (χ2v) is 4.03. The van der Waals surface area contributed by atoms with Crippen LogP contribution in [-0.2, 0) is 9.53 Å². The van der Waals surface area contributed by atoms with Crippen LogP contribution in [0.5, 0.6) is 0 Å². The predicted molar refractivity (Wildman–Crippen MR) is 61.3 cm³/mol. The summed E-state index contributed by atoms with van der Waals surface area (Å²) in [5, 5.41) is 0. The first kappa shape index (κ1) is 13.4. The molecule has 0 N–H and O–H groups in total. The number of carbonyl (C=O) groups excluding carboxylic acids is 2. The molecule has 4 heteroatoms. The van der Waals surface area contributed by atoms with Gasteiger partial charge in [0.15, 0.2) is 5.78 Å². The lowest BCUT2D eigenvalue weighted by Crippen LogP contribution is -2.17. The maximum absolute atomic E-state index is 13.5. The molecule has 0 radical (unpaired) electrons. The summed E-state index contributed by atoms with van der Waals surface area (Å²) in [6.07, 6.45) is -0.0390. The molecule has 1 aromatic rings. The van der Waals surface area contributed by atoms with E-state index in [1.807, 2.05) is 0 Å². The van der Waals surface area contributed by atoms with Crippen molar-refractivity contribution in [3.63, 3.8) is 0 Å². The molecule has 0 aromatic heterocycles. The number of esters is 1. The van der Waals surface area contributed by atoms with E-state index >= 15 is 0 Å². The van der Waals surface area contributed by atoms with Crippen molar-refractivity contribution < 1.29 is 18.7 Å². The number of ether oxygens (including phenoxy) is 1. The third-order valence-electron chi connectivity index (χ3n) is 2.54. The Morgan fingerprint density at radius 3 is 2.65 bits per heavy atom. The second kappa shape index (κ2) is 5.57. The highest BCUT2D eigenvalue weighted by atomic mass is 19.1. The van der Waals surface area contributed by atoms with Gasteiger partial charge in [0.05, 0.1) is 19.1 Å². The van der Waals surface area contributed by atoms with Crippen molar-refractivity contribution in [2.45, 2.75) is 20.3 Å². The minimum atomic E-state index is -0.584. The summed E-state index contributed by atoms with van der Waals surface area (Å²) in [5.41, 5.74) is 0.835. The summed E-state index contributed by atoms with van der Waals surface area (Å²) in [7, 11) is 1.26. The Balaban J connectivity index is 2.88. The van der Waals surface area contributed by atoms with E-state index in [0.29, 0.717) is 0 Å². The molecule has 1 aromatic carbocycles. The van der Waals surface area contributed by atoms with Gasteiger partial charge >= 0.3 is 5.97 Å². The molecular weight excluding hydrogens is 223 g/mol. The average Bonchev–Trinajstić information content (AvgIpc) is 2.31. The summed E-state index contributed by atoms with van der Waals surface area (Å²) < 4.78 is 17.9. The number of rotatable bonds is 4. The summed E-state index contributed by atoms with van der Waals surface area (Å²) in [4.78, 5) is 23.0. The quantitative estimate of drug-likeness (QED) is 0.598. The molecule has 0 aliphatic rings. The Labute approximate surface area is 99.6 Å². The molecule has 1 rings (SSSR count). The van der Waals surface area contributed by atoms with Crippen LogP contribution in [0, 0.1) is 18.7 Å². The van der Waals surface area contributed by atoms with Gasteiger partial charge in [0, 0.05) is 5.92 Å². The first-order valence-electron chi connectivity index (χ1n) is 5.33. The van der Waals surface area contributed by atoms with Gasteiger partial charge in [-0.3, -0.25) is 9.59 Å². The molecule has 0 bridgehead atoms. The van der Waals surface area contributed by atoms with Crippen LogP contribution in [0.4, 0.5) is 4.39 Å². The number of benzene rings is 1. The van der Waals surface area contributed by atoms with Crippen LogP contribution in [-0.4, -0.2) is 18.9 Å². The second-order valence-electron chi connectivity index (χ2n) is 4.03. The minimum Gasteiger partial charge on any atom is -0.469 e. The lowest BCUT2D eigenvalue weighted by Gasteiger charge is -2.10. The highest BCUT2D eigenvalue weighted by Gasteiger charge is 2.21. The van der Waals surface area contributed by atoms with Gasteiger partial charge in [-0.15, -0.1) is 0 Å². The molecule has 0 fully saturated rings. The highest BCUT2D eigenvalue weighted by Crippen LogP contribution is 2.17. The van der Waals surface area contributed by atoms with Crippen LogP contribution in [0.1, 0.15) is 29.3 Å². The number of carbonyl (C=O) groups is 2. The van der Waals surface area contributed by atoms with Crippen molar-refractivity contribution in [1.82, 2.24) is 0 Å². The molecule has 0 aliphatic heterocycles. The molecule has 0 saturated carbocycles. The fourth-order valence-electron chi connectivity index (χ4n) is 1.52. The van der Waals surface area contributed by atoms with Crippen LogP contribution in [0.3, 0.4) is 0 Å². The molecule has 0 heterocycles. The number of hydrogen-bond acceptors (Lipinski definition) is 3. The Morgan fingerprint density at radius 1 is 1.41 bits per heavy atom. The number of hydrogen-bond donors (Lipinski definition) is 0. The Morgan fingerprint density at radius 2 is 2.06 bits per heavy atom. The Bertz CT molecular complexity index is 440. The van der Waals surface area contributed by atoms with E-state index in [9.17, 15) is 14.0 Å². The van der Waals surface area contributed by atoms with E-state index < -0.39 is 17.7 Å². The van der Waals surface area contributed by atoms with E-state index in [-0.39, 0.29) is 17.8 Å². The van der Waals surface area contributed by atoms with Crippen molar-refractivity contribution in [2.75, 3.05) is 7.11 Å². The number of halogens is 1. The first-order valence-corrected chi connectivity index (χ1v) is 5.33. The summed E-state index contributed by atoms with van der Waals surface area (Å²) in [5.74, 6) is -1.99. The van der Waals surface area contributed by atoms with E-state index in [1.54, 1.807) is 19.9 Å². The van der Waals surface area contributed by atoms with Crippen LogP contribution in [0.15, 0.2) is 18.2 Å². The van der Waals surface area contributed by atoms with Gasteiger partial charge in [-0.1, -0.05) is 18.6 Å². The molecule has 0 spiro atoms. The highest BCUT2D eigenvalue weighted by molar-refractivity contribution is 5.99. The zero-order chi connectivity index (χ0) is 13.0. The lowest BCUT2D eigenvalue weighted by atomic mass is 9.95. The third kappa shape index (κ3) is 3.37. The normalized spacial score (nSPS) is 12.0. The maximum atomic E-state index is 13.5. The van der Waals surface area contributed by atoms with Crippen molar-refractivity contribution >= 4 is 11.8 Å². The standard InChI is InChI=1S/C13H15FO3/c1-8-4-5-11(14)10(6-8)13(16)9(2)7-12(15)17-3/h4-6,9H,7H2,1-3H3. The molecule has 0 saturated heterocycles. The molecule has 1 unspecified atom stereocenters. The molecule has 17 heavy (non-hydrogen) atoms. The molecule has 92 valence electrons. The topological polar surface area (TPSA) is 43.4 Å². The molecular formula is C13H15FO3. The fraction of sp³-hybridized carbons (Fsp3) is 0.385. The van der Waals surface area contributed by atoms with Crippen LogP contribution in [0.2, 0.25) is 0 Å². The Kier molecular flexibility index (Phi) is 4.37. The van der Waals surface area contributed by atoms with E-state index in [2.05, 4.69) is 4.74 Å². The first-order chi connectivity index (χ1) is 7.95. The van der Waals surface area contributed by atoms with Gasteiger partial charge in [0.2, 0.25) is 0 Å². The monoisotopic (exact) mass is 238 g/mol.